The van der Waals surface area contributed by atoms with E-state index in [-0.39, 0.29) is 37.5 Å². The Bertz CT molecular complexity index is 1240. The Morgan fingerprint density at radius 2 is 0.714 bits per heavy atom. The van der Waals surface area contributed by atoms with Crippen molar-refractivity contribution in [3.05, 3.63) is 85.1 Å². The van der Waals surface area contributed by atoms with Crippen LogP contribution in [0.3, 0.4) is 0 Å². The summed E-state index contributed by atoms with van der Waals surface area (Å²) in [6, 6.07) is 0. The van der Waals surface area contributed by atoms with Crippen LogP contribution in [-0.2, 0) is 28.6 Å². The van der Waals surface area contributed by atoms with Gasteiger partial charge < -0.3 is 14.2 Å². The van der Waals surface area contributed by atoms with Gasteiger partial charge in [0.15, 0.2) is 6.10 Å². The van der Waals surface area contributed by atoms with Gasteiger partial charge in [-0.1, -0.05) is 215 Å². The van der Waals surface area contributed by atoms with E-state index >= 15 is 0 Å². The molecule has 360 valence electrons. The molecule has 1 unspecified atom stereocenters. The fourth-order valence-corrected chi connectivity index (χ4v) is 7.05. The van der Waals surface area contributed by atoms with Crippen LogP contribution in [0.4, 0.5) is 0 Å². The smallest absolute Gasteiger partial charge is 0.306 e. The van der Waals surface area contributed by atoms with E-state index in [1.54, 1.807) is 0 Å². The highest BCUT2D eigenvalue weighted by atomic mass is 16.6. The van der Waals surface area contributed by atoms with Gasteiger partial charge in [0.2, 0.25) is 0 Å². The van der Waals surface area contributed by atoms with Gasteiger partial charge in [0, 0.05) is 19.3 Å². The molecular weight excluding hydrogens is 781 g/mol. The number of unbranched alkanes of at least 4 members (excludes halogenated alkanes) is 23. The van der Waals surface area contributed by atoms with Crippen LogP contribution >= 0.6 is 0 Å². The summed E-state index contributed by atoms with van der Waals surface area (Å²) in [6.07, 6.45) is 65.8. The number of ether oxygens (including phenoxy) is 3. The van der Waals surface area contributed by atoms with Crippen molar-refractivity contribution in [3.8, 4) is 0 Å². The van der Waals surface area contributed by atoms with Crippen LogP contribution in [0.1, 0.15) is 239 Å². The number of carbonyl (C=O) groups is 3. The molecule has 0 saturated heterocycles. The van der Waals surface area contributed by atoms with E-state index in [0.717, 1.165) is 83.5 Å². The minimum Gasteiger partial charge on any atom is -0.462 e. The Hall–Kier alpha value is -3.41. The Morgan fingerprint density at radius 1 is 0.349 bits per heavy atom. The number of allylic oxidation sites excluding steroid dienone is 14. The number of hydrogen-bond donors (Lipinski definition) is 0. The van der Waals surface area contributed by atoms with Gasteiger partial charge in [-0.15, -0.1) is 0 Å². The first-order valence-corrected chi connectivity index (χ1v) is 26.1. The van der Waals surface area contributed by atoms with Crippen molar-refractivity contribution in [1.29, 1.82) is 0 Å². The van der Waals surface area contributed by atoms with Gasteiger partial charge in [-0.25, -0.2) is 0 Å². The second-order valence-electron chi connectivity index (χ2n) is 17.1. The average Bonchev–Trinajstić information content (AvgIpc) is 3.28. The van der Waals surface area contributed by atoms with E-state index in [1.807, 2.05) is 0 Å². The first-order valence-electron chi connectivity index (χ1n) is 26.1. The predicted molar refractivity (Wildman–Crippen MR) is 270 cm³/mol. The molecule has 0 aliphatic carbocycles. The third kappa shape index (κ3) is 49.5. The van der Waals surface area contributed by atoms with Crippen LogP contribution in [-0.4, -0.2) is 37.2 Å². The van der Waals surface area contributed by atoms with Crippen molar-refractivity contribution in [2.75, 3.05) is 13.2 Å². The van der Waals surface area contributed by atoms with Crippen molar-refractivity contribution in [2.24, 2.45) is 0 Å². The molecule has 0 heterocycles. The predicted octanol–water partition coefficient (Wildman–Crippen LogP) is 17.2. The lowest BCUT2D eigenvalue weighted by Gasteiger charge is -2.18. The second kappa shape index (κ2) is 51.2. The molecular formula is C57H96O6. The van der Waals surface area contributed by atoms with Crippen LogP contribution in [0.15, 0.2) is 85.1 Å². The van der Waals surface area contributed by atoms with Gasteiger partial charge in [-0.2, -0.15) is 0 Å². The Balaban J connectivity index is 4.40. The summed E-state index contributed by atoms with van der Waals surface area (Å²) in [7, 11) is 0. The van der Waals surface area contributed by atoms with Crippen LogP contribution < -0.4 is 0 Å². The third-order valence-electron chi connectivity index (χ3n) is 10.9. The molecule has 1 atom stereocenters. The maximum absolute atomic E-state index is 12.8. The molecule has 0 N–H and O–H groups in total. The highest BCUT2D eigenvalue weighted by Crippen LogP contribution is 2.14. The monoisotopic (exact) mass is 877 g/mol. The first kappa shape index (κ1) is 59.6. The van der Waals surface area contributed by atoms with Gasteiger partial charge in [-0.3, -0.25) is 14.4 Å². The first-order chi connectivity index (χ1) is 31.0. The summed E-state index contributed by atoms with van der Waals surface area (Å²) in [4.78, 5) is 37.9. The Kier molecular flexibility index (Phi) is 48.5. The maximum atomic E-state index is 12.8. The van der Waals surface area contributed by atoms with Gasteiger partial charge in [-0.05, 0) is 89.9 Å². The molecule has 0 bridgehead atoms. The quantitative estimate of drug-likeness (QED) is 0.0199. The standard InChI is InChI=1S/C57H96O6/c1-4-7-10-13-16-19-22-24-26-27-28-29-31-32-35-38-41-44-47-50-56(59)62-53-54(52-61-55(58)49-46-43-40-37-34-21-18-15-12-9-6-3)63-57(60)51-48-45-42-39-36-33-30-25-23-20-17-14-11-8-5-2/h8-9,11-12,14,17-18,20-21,23,27-28,37,40,54H,4-7,10,13,15-16,19,22,24-26,29-36,38-39,41-53H2,1-3H3/b11-8-,12-9-,17-14-,21-18-,23-20-,28-27-,40-37-. The molecule has 0 amide bonds. The lowest BCUT2D eigenvalue weighted by atomic mass is 10.1. The normalized spacial score (nSPS) is 12.7. The van der Waals surface area contributed by atoms with Crippen molar-refractivity contribution < 1.29 is 28.6 Å². The summed E-state index contributed by atoms with van der Waals surface area (Å²) in [5, 5.41) is 0. The van der Waals surface area contributed by atoms with E-state index in [1.165, 1.54) is 109 Å². The summed E-state index contributed by atoms with van der Waals surface area (Å²) < 4.78 is 16.7. The Morgan fingerprint density at radius 3 is 1.22 bits per heavy atom. The summed E-state index contributed by atoms with van der Waals surface area (Å²) in [5.41, 5.74) is 0. The third-order valence-corrected chi connectivity index (χ3v) is 10.9. The molecule has 0 aromatic heterocycles. The van der Waals surface area contributed by atoms with Crippen LogP contribution in [0, 0.1) is 0 Å². The van der Waals surface area contributed by atoms with Crippen molar-refractivity contribution >= 4 is 17.9 Å². The van der Waals surface area contributed by atoms with Crippen molar-refractivity contribution in [2.45, 2.75) is 245 Å². The molecule has 0 rings (SSSR count). The fourth-order valence-electron chi connectivity index (χ4n) is 7.05. The van der Waals surface area contributed by atoms with E-state index < -0.39 is 6.10 Å². The molecule has 6 heteroatoms. The largest absolute Gasteiger partial charge is 0.462 e. The maximum Gasteiger partial charge on any atom is 0.306 e. The van der Waals surface area contributed by atoms with E-state index in [9.17, 15) is 14.4 Å². The lowest BCUT2D eigenvalue weighted by Crippen LogP contribution is -2.30. The van der Waals surface area contributed by atoms with Crippen LogP contribution in [0.25, 0.3) is 0 Å². The molecule has 0 spiro atoms. The zero-order chi connectivity index (χ0) is 45.8. The van der Waals surface area contributed by atoms with E-state index in [0.29, 0.717) is 19.3 Å². The second-order valence-corrected chi connectivity index (χ2v) is 17.1. The minimum absolute atomic E-state index is 0.0999. The Labute approximate surface area is 388 Å². The fraction of sp³-hybridized carbons (Fsp3) is 0.702. The summed E-state index contributed by atoms with van der Waals surface area (Å²) in [5.74, 6) is -0.974. The summed E-state index contributed by atoms with van der Waals surface area (Å²) >= 11 is 0. The van der Waals surface area contributed by atoms with Crippen LogP contribution in [0.2, 0.25) is 0 Å². The van der Waals surface area contributed by atoms with Crippen molar-refractivity contribution in [3.63, 3.8) is 0 Å². The SMILES string of the molecule is CC\C=C/C=C\C=C/CCCCCCCCCC(=O)OC(COC(=O)CCC/C=C\C/C=C\C/C=C\CC)COC(=O)CCCCCCCCC/C=C\CCCCCCCCCC. The molecule has 6 nitrogen and oxygen atoms in total. The molecule has 0 fully saturated rings. The highest BCUT2D eigenvalue weighted by molar-refractivity contribution is 5.71. The van der Waals surface area contributed by atoms with Gasteiger partial charge in [0.25, 0.3) is 0 Å². The lowest BCUT2D eigenvalue weighted by molar-refractivity contribution is -0.167. The van der Waals surface area contributed by atoms with Crippen molar-refractivity contribution in [1.82, 2.24) is 0 Å². The topological polar surface area (TPSA) is 78.9 Å². The van der Waals surface area contributed by atoms with E-state index in [2.05, 4.69) is 106 Å². The summed E-state index contributed by atoms with van der Waals surface area (Å²) in [6.45, 7) is 6.33. The zero-order valence-electron chi connectivity index (χ0n) is 41.1. The molecule has 0 aliphatic heterocycles. The van der Waals surface area contributed by atoms with Crippen LogP contribution in [0.5, 0.6) is 0 Å². The van der Waals surface area contributed by atoms with Gasteiger partial charge in [0.1, 0.15) is 13.2 Å². The highest BCUT2D eigenvalue weighted by Gasteiger charge is 2.19. The molecule has 0 aliphatic rings. The van der Waals surface area contributed by atoms with Gasteiger partial charge in [0.05, 0.1) is 0 Å². The molecule has 0 aromatic rings. The zero-order valence-corrected chi connectivity index (χ0v) is 41.1. The number of esters is 3. The number of carbonyl (C=O) groups excluding carboxylic acids is 3. The number of hydrogen-bond acceptors (Lipinski definition) is 6. The molecule has 63 heavy (non-hydrogen) atoms. The molecule has 0 saturated carbocycles. The molecule has 0 radical (unpaired) electrons. The number of rotatable bonds is 46. The minimum atomic E-state index is -0.804. The molecule has 0 aromatic carbocycles. The van der Waals surface area contributed by atoms with Gasteiger partial charge >= 0.3 is 17.9 Å². The average molecular weight is 877 g/mol. The van der Waals surface area contributed by atoms with E-state index in [4.69, 9.17) is 14.2 Å².